The van der Waals surface area contributed by atoms with Gasteiger partial charge in [0.15, 0.2) is 6.54 Å². The zero-order valence-electron chi connectivity index (χ0n) is 12.9. The predicted octanol–water partition coefficient (Wildman–Crippen LogP) is -0.648. The van der Waals surface area contributed by atoms with E-state index in [1.54, 1.807) is 0 Å². The summed E-state index contributed by atoms with van der Waals surface area (Å²) in [6.45, 7) is 3.82. The molecule has 2 aliphatic rings. The van der Waals surface area contributed by atoms with Crippen molar-refractivity contribution in [2.24, 2.45) is 11.7 Å². The van der Waals surface area contributed by atoms with Gasteiger partial charge in [0.2, 0.25) is 5.91 Å². The third-order valence-electron chi connectivity index (χ3n) is 4.96. The molecule has 2 amide bonds. The lowest BCUT2D eigenvalue weighted by Crippen LogP contribution is -3.12. The Hall–Kier alpha value is -1.88. The molecule has 1 aromatic carbocycles. The van der Waals surface area contributed by atoms with E-state index in [0.717, 1.165) is 19.5 Å². The molecule has 118 valence electrons. The summed E-state index contributed by atoms with van der Waals surface area (Å²) >= 11 is 0. The maximum atomic E-state index is 12.4. The van der Waals surface area contributed by atoms with Crippen LogP contribution in [-0.2, 0) is 22.6 Å². The fourth-order valence-corrected chi connectivity index (χ4v) is 3.53. The van der Waals surface area contributed by atoms with Crippen LogP contribution in [0, 0.1) is 5.92 Å². The van der Waals surface area contributed by atoms with Crippen molar-refractivity contribution >= 4 is 11.8 Å². The van der Waals surface area contributed by atoms with Gasteiger partial charge in [-0.3, -0.25) is 9.59 Å². The maximum Gasteiger partial charge on any atom is 0.277 e. The molecular weight excluding hydrogens is 278 g/mol. The molecule has 2 heterocycles. The number of carbonyl (C=O) groups is 2. The Balaban J connectivity index is 1.52. The van der Waals surface area contributed by atoms with E-state index < -0.39 is 0 Å². The van der Waals surface area contributed by atoms with Gasteiger partial charge in [-0.25, -0.2) is 0 Å². The van der Waals surface area contributed by atoms with E-state index >= 15 is 0 Å². The Labute approximate surface area is 131 Å². The number of carbonyl (C=O) groups excluding carboxylic acids is 2. The Morgan fingerprint density at radius 3 is 2.55 bits per heavy atom. The number of hydrogen-bond acceptors (Lipinski definition) is 2. The summed E-state index contributed by atoms with van der Waals surface area (Å²) in [6, 6.07) is 8.50. The van der Waals surface area contributed by atoms with Gasteiger partial charge in [0.25, 0.3) is 5.91 Å². The standard InChI is InChI=1S/C17H23N3O2/c18-17(22)14-6-9-20(10-7-14)16(21)12-19-8-5-13-3-1-2-4-15(13)11-19/h1-4,14H,5-12H2,(H2,18,22)/p+1. The molecule has 0 radical (unpaired) electrons. The lowest BCUT2D eigenvalue weighted by atomic mass is 9.96. The molecule has 3 rings (SSSR count). The summed E-state index contributed by atoms with van der Waals surface area (Å²) in [6.07, 6.45) is 2.46. The van der Waals surface area contributed by atoms with Crippen LogP contribution in [0.25, 0.3) is 0 Å². The van der Waals surface area contributed by atoms with Crippen LogP contribution < -0.4 is 10.6 Å². The first kappa shape index (κ1) is 15.0. The van der Waals surface area contributed by atoms with Crippen molar-refractivity contribution < 1.29 is 14.5 Å². The molecule has 1 atom stereocenters. The Morgan fingerprint density at radius 1 is 1.18 bits per heavy atom. The first-order valence-electron chi connectivity index (χ1n) is 8.11. The summed E-state index contributed by atoms with van der Waals surface area (Å²) in [5, 5.41) is 0. The third kappa shape index (κ3) is 3.30. The van der Waals surface area contributed by atoms with Crippen molar-refractivity contribution in [2.45, 2.75) is 25.8 Å². The second-order valence-corrected chi connectivity index (χ2v) is 6.43. The van der Waals surface area contributed by atoms with Gasteiger partial charge in [0.05, 0.1) is 6.54 Å². The van der Waals surface area contributed by atoms with Crippen molar-refractivity contribution in [2.75, 3.05) is 26.2 Å². The number of fused-ring (bicyclic) bond motifs is 1. The van der Waals surface area contributed by atoms with Crippen molar-refractivity contribution in [3.63, 3.8) is 0 Å². The average Bonchev–Trinajstić information content (AvgIpc) is 2.55. The molecule has 0 aromatic heterocycles. The first-order chi connectivity index (χ1) is 10.6. The number of quaternary nitrogens is 1. The van der Waals surface area contributed by atoms with Crippen molar-refractivity contribution in [1.29, 1.82) is 0 Å². The lowest BCUT2D eigenvalue weighted by Gasteiger charge is -2.32. The zero-order valence-corrected chi connectivity index (χ0v) is 12.9. The Morgan fingerprint density at radius 2 is 1.86 bits per heavy atom. The summed E-state index contributed by atoms with van der Waals surface area (Å²) in [5.74, 6) is -0.0825. The smallest absolute Gasteiger partial charge is 0.277 e. The number of primary amides is 1. The van der Waals surface area contributed by atoms with Crippen LogP contribution in [0.3, 0.4) is 0 Å². The van der Waals surface area contributed by atoms with Crippen LogP contribution in [0.1, 0.15) is 24.0 Å². The topological polar surface area (TPSA) is 67.8 Å². The molecular formula is C17H24N3O2+. The SMILES string of the molecule is NC(=O)C1CCN(C(=O)C[NH+]2CCc3ccccc3C2)CC1. The van der Waals surface area contributed by atoms with Crippen LogP contribution in [-0.4, -0.2) is 42.9 Å². The Bertz CT molecular complexity index is 565. The zero-order chi connectivity index (χ0) is 15.5. The molecule has 2 aliphatic heterocycles. The summed E-state index contributed by atoms with van der Waals surface area (Å²) in [5.41, 5.74) is 8.12. The minimum atomic E-state index is -0.231. The van der Waals surface area contributed by atoms with E-state index in [2.05, 4.69) is 24.3 Å². The van der Waals surface area contributed by atoms with Gasteiger partial charge < -0.3 is 15.5 Å². The molecule has 0 aliphatic carbocycles. The fourth-order valence-electron chi connectivity index (χ4n) is 3.53. The van der Waals surface area contributed by atoms with E-state index in [1.807, 2.05) is 4.90 Å². The quantitative estimate of drug-likeness (QED) is 0.779. The normalized spacial score (nSPS) is 22.2. The van der Waals surface area contributed by atoms with E-state index in [1.165, 1.54) is 16.0 Å². The van der Waals surface area contributed by atoms with Crippen molar-refractivity contribution in [3.05, 3.63) is 35.4 Å². The molecule has 0 saturated carbocycles. The van der Waals surface area contributed by atoms with Crippen LogP contribution in [0.15, 0.2) is 24.3 Å². The molecule has 5 nitrogen and oxygen atoms in total. The van der Waals surface area contributed by atoms with Crippen LogP contribution in [0.2, 0.25) is 0 Å². The van der Waals surface area contributed by atoms with E-state index in [9.17, 15) is 9.59 Å². The average molecular weight is 302 g/mol. The predicted molar refractivity (Wildman–Crippen MR) is 83.0 cm³/mol. The highest BCUT2D eigenvalue weighted by atomic mass is 16.2. The van der Waals surface area contributed by atoms with Gasteiger partial charge in [-0.15, -0.1) is 0 Å². The van der Waals surface area contributed by atoms with Crippen molar-refractivity contribution in [1.82, 2.24) is 4.90 Å². The molecule has 5 heteroatoms. The maximum absolute atomic E-state index is 12.4. The minimum Gasteiger partial charge on any atom is -0.369 e. The highest BCUT2D eigenvalue weighted by molar-refractivity contribution is 5.79. The number of nitrogens with zero attached hydrogens (tertiary/aromatic N) is 1. The number of rotatable bonds is 3. The van der Waals surface area contributed by atoms with Gasteiger partial charge in [-0.2, -0.15) is 0 Å². The van der Waals surface area contributed by atoms with Gasteiger partial charge >= 0.3 is 0 Å². The molecule has 1 unspecified atom stereocenters. The largest absolute Gasteiger partial charge is 0.369 e. The van der Waals surface area contributed by atoms with Crippen LogP contribution >= 0.6 is 0 Å². The first-order valence-corrected chi connectivity index (χ1v) is 8.11. The number of amides is 2. The van der Waals surface area contributed by atoms with Crippen molar-refractivity contribution in [3.8, 4) is 0 Å². The molecule has 1 aromatic rings. The molecule has 0 spiro atoms. The number of benzene rings is 1. The summed E-state index contributed by atoms with van der Waals surface area (Å²) in [7, 11) is 0. The van der Waals surface area contributed by atoms with Gasteiger partial charge in [0.1, 0.15) is 6.54 Å². The summed E-state index contributed by atoms with van der Waals surface area (Å²) in [4.78, 5) is 26.9. The van der Waals surface area contributed by atoms with E-state index in [-0.39, 0.29) is 17.7 Å². The molecule has 1 fully saturated rings. The van der Waals surface area contributed by atoms with Crippen LogP contribution in [0.4, 0.5) is 0 Å². The third-order valence-corrected chi connectivity index (χ3v) is 4.96. The van der Waals surface area contributed by atoms with E-state index in [4.69, 9.17) is 5.73 Å². The molecule has 22 heavy (non-hydrogen) atoms. The van der Waals surface area contributed by atoms with Gasteiger partial charge in [0, 0.05) is 31.0 Å². The van der Waals surface area contributed by atoms with Gasteiger partial charge in [-0.05, 0) is 18.4 Å². The van der Waals surface area contributed by atoms with E-state index in [0.29, 0.717) is 32.5 Å². The van der Waals surface area contributed by atoms with Gasteiger partial charge in [-0.1, -0.05) is 24.3 Å². The summed E-state index contributed by atoms with van der Waals surface area (Å²) < 4.78 is 0. The highest BCUT2D eigenvalue weighted by Gasteiger charge is 2.29. The number of nitrogens with one attached hydrogen (secondary N) is 1. The molecule has 1 saturated heterocycles. The number of nitrogens with two attached hydrogens (primary N) is 1. The lowest BCUT2D eigenvalue weighted by molar-refractivity contribution is -0.908. The number of likely N-dealkylation sites (tertiary alicyclic amines) is 1. The van der Waals surface area contributed by atoms with Crippen LogP contribution in [0.5, 0.6) is 0 Å². The highest BCUT2D eigenvalue weighted by Crippen LogP contribution is 2.16. The fraction of sp³-hybridized carbons (Fsp3) is 0.529. The monoisotopic (exact) mass is 302 g/mol. The number of piperidine rings is 1. The molecule has 0 bridgehead atoms. The molecule has 3 N–H and O–H groups in total. The second-order valence-electron chi connectivity index (χ2n) is 6.43. The second kappa shape index (κ2) is 6.48. The Kier molecular flexibility index (Phi) is 4.43. The number of hydrogen-bond donors (Lipinski definition) is 2. The minimum absolute atomic E-state index is 0.0572.